The van der Waals surface area contributed by atoms with Gasteiger partial charge in [0.25, 0.3) is 0 Å². The lowest BCUT2D eigenvalue weighted by Crippen LogP contribution is -2.50. The predicted octanol–water partition coefficient (Wildman–Crippen LogP) is 2.34. The van der Waals surface area contributed by atoms with Gasteiger partial charge in [0.2, 0.25) is 5.91 Å². The lowest BCUT2D eigenvalue weighted by molar-refractivity contribution is -0.165. The van der Waals surface area contributed by atoms with Crippen molar-refractivity contribution in [3.8, 4) is 0 Å². The molecular formula is C19H32N2O3. The Hall–Kier alpha value is -1.10. The van der Waals surface area contributed by atoms with Gasteiger partial charge in [-0.05, 0) is 57.4 Å². The van der Waals surface area contributed by atoms with E-state index in [2.05, 4.69) is 26.1 Å². The predicted molar refractivity (Wildman–Crippen MR) is 92.4 cm³/mol. The van der Waals surface area contributed by atoms with Crippen molar-refractivity contribution in [1.29, 1.82) is 0 Å². The number of nitrogens with one attached hydrogen (secondary N) is 1. The largest absolute Gasteiger partial charge is 0.460 e. The number of hydrogen-bond acceptors (Lipinski definition) is 4. The molecule has 2 aliphatic carbocycles. The summed E-state index contributed by atoms with van der Waals surface area (Å²) < 4.78 is 6.01. The minimum atomic E-state index is -0.404. The van der Waals surface area contributed by atoms with E-state index < -0.39 is 6.04 Å². The number of carbonyl (C=O) groups excluding carboxylic acids is 2. The highest BCUT2D eigenvalue weighted by Gasteiger charge is 2.63. The Kier molecular flexibility index (Phi) is 4.44. The summed E-state index contributed by atoms with van der Waals surface area (Å²) in [5.74, 6) is 0.445. The minimum Gasteiger partial charge on any atom is -0.460 e. The maximum Gasteiger partial charge on any atom is 0.329 e. The highest BCUT2D eigenvalue weighted by Crippen LogP contribution is 2.66. The van der Waals surface area contributed by atoms with Crippen LogP contribution in [0.3, 0.4) is 0 Å². The fraction of sp³-hybridized carbons (Fsp3) is 0.895. The summed E-state index contributed by atoms with van der Waals surface area (Å²) in [4.78, 5) is 27.0. The molecule has 1 heterocycles. The van der Waals surface area contributed by atoms with E-state index >= 15 is 0 Å². The quantitative estimate of drug-likeness (QED) is 0.801. The molecule has 0 aromatic heterocycles. The molecule has 2 bridgehead atoms. The molecule has 1 saturated heterocycles. The molecular weight excluding hydrogens is 304 g/mol. The first-order valence-electron chi connectivity index (χ1n) is 9.40. The maximum atomic E-state index is 12.8. The number of esters is 1. The van der Waals surface area contributed by atoms with Gasteiger partial charge in [-0.25, -0.2) is 4.79 Å². The SMILES string of the molecule is CNC(C)C(=O)N1CCCC1C(=O)OC1CC2CCC1(C)C2(C)C. The topological polar surface area (TPSA) is 58.6 Å². The van der Waals surface area contributed by atoms with E-state index in [4.69, 9.17) is 4.74 Å². The normalized spacial score (nSPS) is 38.4. The Labute approximate surface area is 145 Å². The summed E-state index contributed by atoms with van der Waals surface area (Å²) in [6.45, 7) is 9.40. The van der Waals surface area contributed by atoms with Gasteiger partial charge < -0.3 is 15.0 Å². The second kappa shape index (κ2) is 6.01. The second-order valence-electron chi connectivity index (χ2n) is 8.74. The van der Waals surface area contributed by atoms with E-state index in [1.54, 1.807) is 11.9 Å². The van der Waals surface area contributed by atoms with Crippen molar-refractivity contribution in [1.82, 2.24) is 10.2 Å². The molecule has 0 spiro atoms. The Morgan fingerprint density at radius 3 is 2.50 bits per heavy atom. The Bertz CT molecular complexity index is 533. The summed E-state index contributed by atoms with van der Waals surface area (Å²) in [6, 6.07) is -0.670. The van der Waals surface area contributed by atoms with E-state index in [1.807, 2.05) is 6.92 Å². The fourth-order valence-electron chi connectivity index (χ4n) is 5.17. The number of hydrogen-bond donors (Lipinski definition) is 1. The van der Waals surface area contributed by atoms with Crippen molar-refractivity contribution >= 4 is 11.9 Å². The summed E-state index contributed by atoms with van der Waals surface area (Å²) in [7, 11) is 1.77. The van der Waals surface area contributed by atoms with Crippen molar-refractivity contribution in [2.24, 2.45) is 16.7 Å². The Morgan fingerprint density at radius 2 is 1.96 bits per heavy atom. The summed E-state index contributed by atoms with van der Waals surface area (Å²) in [6.07, 6.45) is 4.94. The van der Waals surface area contributed by atoms with Crippen LogP contribution in [0.2, 0.25) is 0 Å². The Balaban J connectivity index is 1.68. The minimum absolute atomic E-state index is 0.00183. The molecule has 3 aliphatic rings. The third kappa shape index (κ3) is 2.47. The van der Waals surface area contributed by atoms with Gasteiger partial charge >= 0.3 is 5.97 Å². The molecule has 0 aromatic carbocycles. The lowest BCUT2D eigenvalue weighted by atomic mass is 9.70. The monoisotopic (exact) mass is 336 g/mol. The summed E-state index contributed by atoms with van der Waals surface area (Å²) >= 11 is 0. The molecule has 5 heteroatoms. The van der Waals surface area contributed by atoms with Gasteiger partial charge in [-0.3, -0.25) is 4.79 Å². The van der Waals surface area contributed by atoms with Crippen LogP contribution >= 0.6 is 0 Å². The van der Waals surface area contributed by atoms with E-state index in [9.17, 15) is 9.59 Å². The van der Waals surface area contributed by atoms with Gasteiger partial charge in [0.05, 0.1) is 6.04 Å². The van der Waals surface area contributed by atoms with Crippen molar-refractivity contribution in [2.75, 3.05) is 13.6 Å². The molecule has 1 aliphatic heterocycles. The van der Waals surface area contributed by atoms with Crippen molar-refractivity contribution in [3.63, 3.8) is 0 Å². The highest BCUT2D eigenvalue weighted by molar-refractivity contribution is 5.88. The molecule has 0 aromatic rings. The maximum absolute atomic E-state index is 12.8. The molecule has 1 amide bonds. The number of likely N-dealkylation sites (tertiary alicyclic amines) is 1. The average molecular weight is 336 g/mol. The van der Waals surface area contributed by atoms with Crippen LogP contribution in [0.25, 0.3) is 0 Å². The van der Waals surface area contributed by atoms with E-state index in [0.717, 1.165) is 25.7 Å². The van der Waals surface area contributed by atoms with Crippen molar-refractivity contribution < 1.29 is 14.3 Å². The molecule has 3 fully saturated rings. The standard InChI is InChI=1S/C19H32N2O3/c1-12(20-5)16(22)21-10-6-7-14(21)17(23)24-15-11-13-8-9-19(15,4)18(13,2)3/h12-15,20H,6-11H2,1-5H3. The van der Waals surface area contributed by atoms with Gasteiger partial charge in [-0.1, -0.05) is 20.8 Å². The number of rotatable bonds is 4. The van der Waals surface area contributed by atoms with E-state index in [-0.39, 0.29) is 34.9 Å². The number of likely N-dealkylation sites (N-methyl/N-ethyl adjacent to an activating group) is 1. The first-order valence-corrected chi connectivity index (χ1v) is 9.40. The van der Waals surface area contributed by atoms with E-state index in [0.29, 0.717) is 12.5 Å². The molecule has 136 valence electrons. The zero-order valence-corrected chi connectivity index (χ0v) is 15.7. The van der Waals surface area contributed by atoms with Crippen LogP contribution < -0.4 is 5.32 Å². The first kappa shape index (κ1) is 17.7. The van der Waals surface area contributed by atoms with Gasteiger partial charge in [0.1, 0.15) is 12.1 Å². The molecule has 24 heavy (non-hydrogen) atoms. The molecule has 5 nitrogen and oxygen atoms in total. The van der Waals surface area contributed by atoms with Crippen LogP contribution in [-0.4, -0.2) is 48.6 Å². The number of ether oxygens (including phenoxy) is 1. The second-order valence-corrected chi connectivity index (χ2v) is 8.74. The average Bonchev–Trinajstić information content (AvgIpc) is 3.16. The third-order valence-corrected chi connectivity index (χ3v) is 7.58. The van der Waals surface area contributed by atoms with Crippen LogP contribution in [0, 0.1) is 16.7 Å². The molecule has 5 atom stereocenters. The summed E-state index contributed by atoms with van der Waals surface area (Å²) in [5, 5.41) is 2.97. The molecule has 2 saturated carbocycles. The van der Waals surface area contributed by atoms with Gasteiger partial charge in [-0.15, -0.1) is 0 Å². The lowest BCUT2D eigenvalue weighted by Gasteiger charge is -2.39. The zero-order chi connectivity index (χ0) is 17.7. The van der Waals surface area contributed by atoms with Gasteiger partial charge in [0.15, 0.2) is 0 Å². The number of carbonyl (C=O) groups is 2. The Morgan fingerprint density at radius 1 is 1.25 bits per heavy atom. The van der Waals surface area contributed by atoms with Crippen LogP contribution in [0.4, 0.5) is 0 Å². The van der Waals surface area contributed by atoms with Crippen LogP contribution in [0.1, 0.15) is 59.8 Å². The third-order valence-electron chi connectivity index (χ3n) is 7.58. The van der Waals surface area contributed by atoms with Gasteiger partial charge in [-0.2, -0.15) is 0 Å². The first-order chi connectivity index (χ1) is 11.2. The number of amides is 1. The van der Waals surface area contributed by atoms with E-state index in [1.165, 1.54) is 6.42 Å². The summed E-state index contributed by atoms with van der Waals surface area (Å²) in [5.41, 5.74) is 0.294. The highest BCUT2D eigenvalue weighted by atomic mass is 16.5. The number of nitrogens with zero attached hydrogens (tertiary/aromatic N) is 1. The smallest absolute Gasteiger partial charge is 0.329 e. The molecule has 3 rings (SSSR count). The fourth-order valence-corrected chi connectivity index (χ4v) is 5.17. The zero-order valence-electron chi connectivity index (χ0n) is 15.7. The van der Waals surface area contributed by atoms with Gasteiger partial charge in [0, 0.05) is 12.0 Å². The van der Waals surface area contributed by atoms with Crippen LogP contribution in [-0.2, 0) is 14.3 Å². The van der Waals surface area contributed by atoms with Crippen molar-refractivity contribution in [3.05, 3.63) is 0 Å². The molecule has 1 N–H and O–H groups in total. The van der Waals surface area contributed by atoms with Crippen LogP contribution in [0.5, 0.6) is 0 Å². The van der Waals surface area contributed by atoms with Crippen molar-refractivity contribution in [2.45, 2.75) is 78.0 Å². The molecule has 0 radical (unpaired) electrons. The molecule has 5 unspecified atom stereocenters. The van der Waals surface area contributed by atoms with Crippen LogP contribution in [0.15, 0.2) is 0 Å². The number of fused-ring (bicyclic) bond motifs is 2.